The van der Waals surface area contributed by atoms with Crippen molar-refractivity contribution < 1.29 is 4.42 Å². The third-order valence-electron chi connectivity index (χ3n) is 3.54. The van der Waals surface area contributed by atoms with Crippen LogP contribution in [-0.2, 0) is 6.54 Å². The molecule has 0 amide bonds. The summed E-state index contributed by atoms with van der Waals surface area (Å²) >= 11 is 0. The van der Waals surface area contributed by atoms with Crippen LogP contribution in [0.2, 0.25) is 0 Å². The minimum atomic E-state index is 0.721. The van der Waals surface area contributed by atoms with Crippen LogP contribution >= 0.6 is 0 Å². The van der Waals surface area contributed by atoms with Crippen molar-refractivity contribution >= 4 is 0 Å². The minimum absolute atomic E-state index is 0.721. The van der Waals surface area contributed by atoms with Crippen LogP contribution in [0.15, 0.2) is 23.0 Å². The lowest BCUT2D eigenvalue weighted by atomic mass is 9.84. The lowest BCUT2D eigenvalue weighted by molar-refractivity contribution is 0.278. The first kappa shape index (κ1) is 10.7. The molecule has 0 aromatic carbocycles. The average Bonchev–Trinajstić information content (AvgIpc) is 2.79. The van der Waals surface area contributed by atoms with Gasteiger partial charge in [0.25, 0.3) is 0 Å². The fraction of sp³-hybridized carbons (Fsp3) is 0.692. The smallest absolute Gasteiger partial charge is 0.0947 e. The van der Waals surface area contributed by atoms with Gasteiger partial charge in [0.1, 0.15) is 0 Å². The van der Waals surface area contributed by atoms with Gasteiger partial charge in [0.05, 0.1) is 12.5 Å². The molecule has 1 aromatic rings. The normalized spacial score (nSPS) is 26.7. The van der Waals surface area contributed by atoms with E-state index in [-0.39, 0.29) is 0 Å². The Balaban J connectivity index is 1.74. The maximum atomic E-state index is 5.06. The van der Waals surface area contributed by atoms with E-state index in [1.807, 2.05) is 12.3 Å². The zero-order chi connectivity index (χ0) is 10.5. The van der Waals surface area contributed by atoms with Crippen molar-refractivity contribution in [3.63, 3.8) is 0 Å². The second kappa shape index (κ2) is 5.36. The van der Waals surface area contributed by atoms with E-state index in [4.69, 9.17) is 4.42 Å². The van der Waals surface area contributed by atoms with Crippen molar-refractivity contribution in [2.45, 2.75) is 51.6 Å². The summed E-state index contributed by atoms with van der Waals surface area (Å²) in [5.74, 6) is 0.945. The molecule has 0 bridgehead atoms. The first-order valence-corrected chi connectivity index (χ1v) is 6.13. The van der Waals surface area contributed by atoms with Crippen LogP contribution in [0, 0.1) is 5.92 Å². The standard InChI is InChI=1S/C13H21NO/c1-2-11-4-3-5-13(8-11)14-9-12-6-7-15-10-12/h6-7,10-11,13-14H,2-5,8-9H2,1H3. The molecule has 1 aromatic heterocycles. The van der Waals surface area contributed by atoms with Gasteiger partial charge in [-0.25, -0.2) is 0 Å². The molecule has 2 nitrogen and oxygen atoms in total. The maximum absolute atomic E-state index is 5.06. The molecule has 2 unspecified atom stereocenters. The number of furan rings is 1. The van der Waals surface area contributed by atoms with E-state index < -0.39 is 0 Å². The van der Waals surface area contributed by atoms with Crippen molar-refractivity contribution in [3.05, 3.63) is 24.2 Å². The van der Waals surface area contributed by atoms with Crippen molar-refractivity contribution in [2.75, 3.05) is 0 Å². The lowest BCUT2D eigenvalue weighted by Gasteiger charge is -2.29. The first-order chi connectivity index (χ1) is 7.38. The molecule has 1 saturated carbocycles. The van der Waals surface area contributed by atoms with Gasteiger partial charge in [-0.3, -0.25) is 0 Å². The van der Waals surface area contributed by atoms with E-state index in [2.05, 4.69) is 12.2 Å². The molecule has 0 radical (unpaired) electrons. The SMILES string of the molecule is CCC1CCCC(NCc2ccoc2)C1. The molecule has 0 saturated heterocycles. The van der Waals surface area contributed by atoms with Gasteiger partial charge in [-0.2, -0.15) is 0 Å². The summed E-state index contributed by atoms with van der Waals surface area (Å²) in [6, 6.07) is 2.76. The largest absolute Gasteiger partial charge is 0.472 e. The zero-order valence-electron chi connectivity index (χ0n) is 9.54. The summed E-state index contributed by atoms with van der Waals surface area (Å²) in [5, 5.41) is 3.63. The molecular weight excluding hydrogens is 186 g/mol. The Hall–Kier alpha value is -0.760. The molecule has 15 heavy (non-hydrogen) atoms. The van der Waals surface area contributed by atoms with E-state index in [1.54, 1.807) is 6.26 Å². The van der Waals surface area contributed by atoms with Gasteiger partial charge in [-0.15, -0.1) is 0 Å². The van der Waals surface area contributed by atoms with Gasteiger partial charge in [0.15, 0.2) is 0 Å². The van der Waals surface area contributed by atoms with Crippen LogP contribution in [0.5, 0.6) is 0 Å². The number of nitrogens with one attached hydrogen (secondary N) is 1. The summed E-state index contributed by atoms with van der Waals surface area (Å²) in [6.07, 6.45) is 10.4. The minimum Gasteiger partial charge on any atom is -0.472 e. The summed E-state index contributed by atoms with van der Waals surface area (Å²) in [6.45, 7) is 3.26. The van der Waals surface area contributed by atoms with Crippen molar-refractivity contribution in [2.24, 2.45) is 5.92 Å². The lowest BCUT2D eigenvalue weighted by Crippen LogP contribution is -2.33. The second-order valence-corrected chi connectivity index (χ2v) is 4.65. The van der Waals surface area contributed by atoms with Crippen molar-refractivity contribution in [3.8, 4) is 0 Å². The monoisotopic (exact) mass is 207 g/mol. The highest BCUT2D eigenvalue weighted by atomic mass is 16.3. The van der Waals surface area contributed by atoms with Crippen LogP contribution in [0.3, 0.4) is 0 Å². The van der Waals surface area contributed by atoms with Gasteiger partial charge in [-0.05, 0) is 24.8 Å². The van der Waals surface area contributed by atoms with Crippen LogP contribution in [-0.4, -0.2) is 6.04 Å². The van der Waals surface area contributed by atoms with Crippen LogP contribution < -0.4 is 5.32 Å². The maximum Gasteiger partial charge on any atom is 0.0947 e. The molecule has 0 aliphatic heterocycles. The molecule has 2 atom stereocenters. The zero-order valence-corrected chi connectivity index (χ0v) is 9.54. The third-order valence-corrected chi connectivity index (χ3v) is 3.54. The molecule has 1 aliphatic carbocycles. The van der Waals surface area contributed by atoms with E-state index in [9.17, 15) is 0 Å². The molecule has 1 aliphatic rings. The van der Waals surface area contributed by atoms with E-state index in [1.165, 1.54) is 37.7 Å². The predicted octanol–water partition coefficient (Wildman–Crippen LogP) is 3.34. The molecule has 84 valence electrons. The fourth-order valence-electron chi connectivity index (χ4n) is 2.50. The molecule has 1 N–H and O–H groups in total. The number of hydrogen-bond acceptors (Lipinski definition) is 2. The third kappa shape index (κ3) is 3.10. The van der Waals surface area contributed by atoms with E-state index in [0.29, 0.717) is 0 Å². The topological polar surface area (TPSA) is 25.2 Å². The molecular formula is C13H21NO. The van der Waals surface area contributed by atoms with Crippen molar-refractivity contribution in [1.82, 2.24) is 5.32 Å². The molecule has 1 fully saturated rings. The highest BCUT2D eigenvalue weighted by Gasteiger charge is 2.19. The molecule has 2 heteroatoms. The molecule has 0 spiro atoms. The average molecular weight is 207 g/mol. The Bertz CT molecular complexity index is 268. The Kier molecular flexibility index (Phi) is 3.84. The predicted molar refractivity (Wildman–Crippen MR) is 61.6 cm³/mol. The summed E-state index contributed by atoms with van der Waals surface area (Å²) in [7, 11) is 0. The van der Waals surface area contributed by atoms with Gasteiger partial charge >= 0.3 is 0 Å². The fourth-order valence-corrected chi connectivity index (χ4v) is 2.50. The first-order valence-electron chi connectivity index (χ1n) is 6.13. The number of rotatable bonds is 4. The highest BCUT2D eigenvalue weighted by Crippen LogP contribution is 2.26. The van der Waals surface area contributed by atoms with Crippen LogP contribution in [0.4, 0.5) is 0 Å². The van der Waals surface area contributed by atoms with Crippen LogP contribution in [0.25, 0.3) is 0 Å². The second-order valence-electron chi connectivity index (χ2n) is 4.65. The number of hydrogen-bond donors (Lipinski definition) is 1. The molecule has 1 heterocycles. The quantitative estimate of drug-likeness (QED) is 0.819. The van der Waals surface area contributed by atoms with Crippen LogP contribution in [0.1, 0.15) is 44.6 Å². The Morgan fingerprint density at radius 1 is 1.47 bits per heavy atom. The van der Waals surface area contributed by atoms with Gasteiger partial charge in [0.2, 0.25) is 0 Å². The van der Waals surface area contributed by atoms with Gasteiger partial charge < -0.3 is 9.73 Å². The van der Waals surface area contributed by atoms with Crippen molar-refractivity contribution in [1.29, 1.82) is 0 Å². The van der Waals surface area contributed by atoms with E-state index >= 15 is 0 Å². The Morgan fingerprint density at radius 2 is 2.40 bits per heavy atom. The molecule has 2 rings (SSSR count). The van der Waals surface area contributed by atoms with E-state index in [0.717, 1.165) is 18.5 Å². The summed E-state index contributed by atoms with van der Waals surface area (Å²) < 4.78 is 5.06. The van der Waals surface area contributed by atoms with Gasteiger partial charge in [-0.1, -0.05) is 26.2 Å². The Morgan fingerprint density at radius 3 is 3.13 bits per heavy atom. The summed E-state index contributed by atoms with van der Waals surface area (Å²) in [4.78, 5) is 0. The van der Waals surface area contributed by atoms with Gasteiger partial charge in [0, 0.05) is 18.2 Å². The summed E-state index contributed by atoms with van der Waals surface area (Å²) in [5.41, 5.74) is 1.26. The highest BCUT2D eigenvalue weighted by molar-refractivity contribution is 5.04. The Labute approximate surface area is 92.1 Å².